The Kier molecular flexibility index (Phi) is 3.95. The highest BCUT2D eigenvalue weighted by molar-refractivity contribution is 9.09. The van der Waals surface area contributed by atoms with Crippen LogP contribution in [0.2, 0.25) is 0 Å². The summed E-state index contributed by atoms with van der Waals surface area (Å²) in [6.45, 7) is 2.56. The van der Waals surface area contributed by atoms with Crippen molar-refractivity contribution in [2.24, 2.45) is 5.92 Å². The first kappa shape index (κ1) is 13.4. The molecule has 1 saturated carbocycles. The number of benzene rings is 1. The van der Waals surface area contributed by atoms with Crippen LogP contribution < -0.4 is 0 Å². The molecular weight excluding hydrogens is 294 g/mol. The van der Waals surface area contributed by atoms with Gasteiger partial charge in [-0.2, -0.15) is 0 Å². The summed E-state index contributed by atoms with van der Waals surface area (Å²) in [5.74, 6) is 0.765. The van der Waals surface area contributed by atoms with E-state index in [-0.39, 0.29) is 11.7 Å². The molecule has 1 aliphatic rings. The fraction of sp³-hybridized carbons (Fsp3) is 0.500. The van der Waals surface area contributed by atoms with Crippen molar-refractivity contribution < 1.29 is 9.90 Å². The minimum Gasteiger partial charge on any atom is -0.508 e. The maximum atomic E-state index is 12.3. The molecule has 0 aromatic heterocycles. The van der Waals surface area contributed by atoms with Crippen LogP contribution in [-0.2, 0) is 0 Å². The molecule has 1 fully saturated rings. The molecule has 0 bridgehead atoms. The smallest absolute Gasteiger partial charge is 0.254 e. The highest BCUT2D eigenvalue weighted by atomic mass is 79.9. The Morgan fingerprint density at radius 3 is 2.78 bits per heavy atom. The van der Waals surface area contributed by atoms with Crippen LogP contribution in [0.3, 0.4) is 0 Å². The van der Waals surface area contributed by atoms with E-state index in [0.29, 0.717) is 21.9 Å². The summed E-state index contributed by atoms with van der Waals surface area (Å²) in [5.41, 5.74) is 1.24. The first-order valence-corrected chi connectivity index (χ1v) is 7.08. The fourth-order valence-electron chi connectivity index (χ4n) is 2.33. The van der Waals surface area contributed by atoms with E-state index in [1.165, 1.54) is 0 Å². The molecule has 0 spiro atoms. The van der Waals surface area contributed by atoms with Crippen molar-refractivity contribution in [1.82, 2.24) is 4.90 Å². The van der Waals surface area contributed by atoms with Gasteiger partial charge in [-0.3, -0.25) is 4.79 Å². The number of alkyl halides is 1. The van der Waals surface area contributed by atoms with E-state index in [1.807, 2.05) is 7.05 Å². The number of halogens is 1. The molecule has 1 aliphatic carbocycles. The van der Waals surface area contributed by atoms with Crippen LogP contribution in [0.15, 0.2) is 18.2 Å². The van der Waals surface area contributed by atoms with E-state index in [2.05, 4.69) is 15.9 Å². The number of carbonyl (C=O) groups is 1. The summed E-state index contributed by atoms with van der Waals surface area (Å²) in [4.78, 5) is 14.7. The third-order valence-corrected chi connectivity index (χ3v) is 4.34. The summed E-state index contributed by atoms with van der Waals surface area (Å²) in [5, 5.41) is 9.63. The largest absolute Gasteiger partial charge is 0.508 e. The molecule has 1 amide bonds. The summed E-state index contributed by atoms with van der Waals surface area (Å²) in [6, 6.07) is 5.08. The van der Waals surface area contributed by atoms with Crippen molar-refractivity contribution in [2.45, 2.75) is 24.6 Å². The molecule has 1 aromatic rings. The van der Waals surface area contributed by atoms with Crippen LogP contribution in [0.25, 0.3) is 0 Å². The number of aromatic hydroxyl groups is 1. The zero-order chi connectivity index (χ0) is 13.3. The Morgan fingerprint density at radius 2 is 2.17 bits per heavy atom. The summed E-state index contributed by atoms with van der Waals surface area (Å²) in [7, 11) is 1.83. The summed E-state index contributed by atoms with van der Waals surface area (Å²) < 4.78 is 0. The van der Waals surface area contributed by atoms with Crippen molar-refractivity contribution in [2.75, 3.05) is 13.6 Å². The highest BCUT2D eigenvalue weighted by Crippen LogP contribution is 2.34. The van der Waals surface area contributed by atoms with Gasteiger partial charge in [0.2, 0.25) is 0 Å². The first-order valence-electron chi connectivity index (χ1n) is 6.17. The van der Waals surface area contributed by atoms with E-state index < -0.39 is 0 Å². The number of carbonyl (C=O) groups excluding carboxylic acids is 1. The zero-order valence-corrected chi connectivity index (χ0v) is 12.3. The minimum absolute atomic E-state index is 0.0126. The van der Waals surface area contributed by atoms with Crippen LogP contribution in [0.5, 0.6) is 5.75 Å². The van der Waals surface area contributed by atoms with Gasteiger partial charge in [0.05, 0.1) is 0 Å². The minimum atomic E-state index is -0.0126. The van der Waals surface area contributed by atoms with Gasteiger partial charge in [-0.05, 0) is 37.8 Å². The number of phenols is 1. The molecule has 2 rings (SSSR count). The van der Waals surface area contributed by atoms with Gasteiger partial charge >= 0.3 is 0 Å². The van der Waals surface area contributed by atoms with Crippen molar-refractivity contribution in [3.8, 4) is 5.75 Å². The number of nitrogens with zero attached hydrogens (tertiary/aromatic N) is 1. The van der Waals surface area contributed by atoms with Gasteiger partial charge in [0.1, 0.15) is 5.75 Å². The van der Waals surface area contributed by atoms with Gasteiger partial charge in [-0.25, -0.2) is 0 Å². The predicted octanol–water partition coefficient (Wildman–Crippen LogP) is 2.95. The average molecular weight is 312 g/mol. The maximum absolute atomic E-state index is 12.3. The number of hydrogen-bond acceptors (Lipinski definition) is 2. The molecule has 0 saturated heterocycles. The van der Waals surface area contributed by atoms with Crippen molar-refractivity contribution in [1.29, 1.82) is 0 Å². The molecule has 4 heteroatoms. The Morgan fingerprint density at radius 1 is 1.50 bits per heavy atom. The lowest BCUT2D eigenvalue weighted by molar-refractivity contribution is 0.0747. The number of amides is 1. The maximum Gasteiger partial charge on any atom is 0.254 e. The third kappa shape index (κ3) is 2.69. The standard InChI is InChI=1S/C14H18BrNO2/c1-9-12(4-3-5-13(9)17)14(18)16(2)8-10-6-11(15)7-10/h3-5,10-11,17H,6-8H2,1-2H3. The van der Waals surface area contributed by atoms with Crippen molar-refractivity contribution in [3.05, 3.63) is 29.3 Å². The first-order chi connectivity index (χ1) is 8.49. The van der Waals surface area contributed by atoms with Crippen molar-refractivity contribution >= 4 is 21.8 Å². The molecule has 0 unspecified atom stereocenters. The quantitative estimate of drug-likeness (QED) is 0.872. The highest BCUT2D eigenvalue weighted by Gasteiger charge is 2.29. The van der Waals surface area contributed by atoms with E-state index in [1.54, 1.807) is 30.0 Å². The van der Waals surface area contributed by atoms with Crippen LogP contribution in [0, 0.1) is 12.8 Å². The van der Waals surface area contributed by atoms with Crippen molar-refractivity contribution in [3.63, 3.8) is 0 Å². The lowest BCUT2D eigenvalue weighted by Gasteiger charge is -2.34. The van der Waals surface area contributed by atoms with Crippen LogP contribution >= 0.6 is 15.9 Å². The Labute approximate surface area is 116 Å². The van der Waals surface area contributed by atoms with Gasteiger partial charge in [-0.1, -0.05) is 22.0 Å². The molecule has 1 N–H and O–H groups in total. The lowest BCUT2D eigenvalue weighted by atomic mass is 9.85. The normalized spacial score (nSPS) is 22.4. The molecule has 0 heterocycles. The summed E-state index contributed by atoms with van der Waals surface area (Å²) >= 11 is 3.56. The number of hydrogen-bond donors (Lipinski definition) is 1. The van der Waals surface area contributed by atoms with E-state index in [0.717, 1.165) is 19.4 Å². The number of phenolic OH excluding ortho intramolecular Hbond substituents is 1. The molecule has 0 aliphatic heterocycles. The van der Waals surface area contributed by atoms with E-state index in [9.17, 15) is 9.90 Å². The topological polar surface area (TPSA) is 40.5 Å². The van der Waals surface area contributed by atoms with E-state index in [4.69, 9.17) is 0 Å². The Hall–Kier alpha value is -1.03. The third-order valence-electron chi connectivity index (χ3n) is 3.59. The van der Waals surface area contributed by atoms with Crippen LogP contribution in [0.4, 0.5) is 0 Å². The second-order valence-electron chi connectivity index (χ2n) is 5.07. The van der Waals surface area contributed by atoms with Gasteiger partial charge in [0.25, 0.3) is 5.91 Å². The fourth-order valence-corrected chi connectivity index (χ4v) is 3.39. The second-order valence-corrected chi connectivity index (χ2v) is 6.37. The summed E-state index contributed by atoms with van der Waals surface area (Å²) in [6.07, 6.45) is 2.27. The molecular formula is C14H18BrNO2. The number of rotatable bonds is 3. The average Bonchev–Trinajstić information content (AvgIpc) is 2.30. The SMILES string of the molecule is Cc1c(O)cccc1C(=O)N(C)CC1CC(Br)C1. The molecule has 18 heavy (non-hydrogen) atoms. The molecule has 0 atom stereocenters. The van der Waals surface area contributed by atoms with Gasteiger partial charge in [0.15, 0.2) is 0 Å². The molecule has 1 aromatic carbocycles. The zero-order valence-electron chi connectivity index (χ0n) is 10.7. The molecule has 0 radical (unpaired) electrons. The van der Waals surface area contributed by atoms with Gasteiger partial charge in [0, 0.05) is 29.5 Å². The van der Waals surface area contributed by atoms with Crippen LogP contribution in [-0.4, -0.2) is 34.3 Å². The van der Waals surface area contributed by atoms with Gasteiger partial charge in [-0.15, -0.1) is 0 Å². The Balaban J connectivity index is 2.04. The second kappa shape index (κ2) is 5.31. The monoisotopic (exact) mass is 311 g/mol. The Bertz CT molecular complexity index is 455. The molecule has 98 valence electrons. The lowest BCUT2D eigenvalue weighted by Crippen LogP contribution is -2.38. The van der Waals surface area contributed by atoms with Crippen LogP contribution in [0.1, 0.15) is 28.8 Å². The molecule has 3 nitrogen and oxygen atoms in total. The van der Waals surface area contributed by atoms with Gasteiger partial charge < -0.3 is 10.0 Å². The van der Waals surface area contributed by atoms with E-state index >= 15 is 0 Å². The predicted molar refractivity (Wildman–Crippen MR) is 75.2 cm³/mol.